The van der Waals surface area contributed by atoms with E-state index in [0.29, 0.717) is 24.3 Å². The van der Waals surface area contributed by atoms with Crippen molar-refractivity contribution in [2.75, 3.05) is 0 Å². The van der Waals surface area contributed by atoms with Gasteiger partial charge in [0.2, 0.25) is 0 Å². The summed E-state index contributed by atoms with van der Waals surface area (Å²) in [5.41, 5.74) is 3.64. The summed E-state index contributed by atoms with van der Waals surface area (Å²) < 4.78 is 14.8. The van der Waals surface area contributed by atoms with Gasteiger partial charge in [0.05, 0.1) is 0 Å². The van der Waals surface area contributed by atoms with Crippen LogP contribution in [0.5, 0.6) is 0 Å². The molecule has 132 valence electrons. The number of carbonyl (C=O) groups is 1. The molecule has 25 heavy (non-hydrogen) atoms. The first-order chi connectivity index (χ1) is 12.1. The molecule has 1 amide bonds. The Morgan fingerprint density at radius 2 is 2.00 bits per heavy atom. The largest absolute Gasteiger partial charge is 0.347 e. The highest BCUT2D eigenvalue weighted by Crippen LogP contribution is 2.27. The van der Waals surface area contributed by atoms with Crippen molar-refractivity contribution in [1.82, 2.24) is 20.4 Å². The SMILES string of the molecule is Cn1nc(C(=O)NCc2ccc(F)cc2)c2c1CC[C@H](NC1CC1)C2. The summed E-state index contributed by atoms with van der Waals surface area (Å²) in [4.78, 5) is 12.6. The Hall–Kier alpha value is -2.21. The monoisotopic (exact) mass is 342 g/mol. The molecule has 0 saturated heterocycles. The van der Waals surface area contributed by atoms with Crippen molar-refractivity contribution in [3.63, 3.8) is 0 Å². The number of carbonyl (C=O) groups excluding carboxylic acids is 1. The predicted molar refractivity (Wildman–Crippen MR) is 92.7 cm³/mol. The van der Waals surface area contributed by atoms with Crippen molar-refractivity contribution in [2.24, 2.45) is 7.05 Å². The lowest BCUT2D eigenvalue weighted by atomic mass is 9.91. The van der Waals surface area contributed by atoms with Crippen LogP contribution in [0.25, 0.3) is 0 Å². The molecule has 1 aromatic carbocycles. The molecule has 2 N–H and O–H groups in total. The summed E-state index contributed by atoms with van der Waals surface area (Å²) in [6, 6.07) is 7.26. The van der Waals surface area contributed by atoms with E-state index in [1.165, 1.54) is 30.7 Å². The second kappa shape index (κ2) is 6.59. The van der Waals surface area contributed by atoms with E-state index >= 15 is 0 Å². The number of benzene rings is 1. The minimum atomic E-state index is -0.275. The van der Waals surface area contributed by atoms with Crippen molar-refractivity contribution in [1.29, 1.82) is 0 Å². The van der Waals surface area contributed by atoms with Crippen LogP contribution in [0.3, 0.4) is 0 Å². The summed E-state index contributed by atoms with van der Waals surface area (Å²) in [6.07, 6.45) is 5.44. The van der Waals surface area contributed by atoms with Gasteiger partial charge in [-0.15, -0.1) is 0 Å². The summed E-state index contributed by atoms with van der Waals surface area (Å²) in [5.74, 6) is -0.434. The molecular weight excluding hydrogens is 319 g/mol. The van der Waals surface area contributed by atoms with Crippen molar-refractivity contribution < 1.29 is 9.18 Å². The highest BCUT2D eigenvalue weighted by atomic mass is 19.1. The molecule has 1 heterocycles. The molecule has 2 aliphatic rings. The summed E-state index contributed by atoms with van der Waals surface area (Å²) >= 11 is 0. The molecule has 0 bridgehead atoms. The predicted octanol–water partition coefficient (Wildman–Crippen LogP) is 2.10. The van der Waals surface area contributed by atoms with Gasteiger partial charge in [0.25, 0.3) is 5.91 Å². The number of aryl methyl sites for hydroxylation is 1. The molecule has 1 saturated carbocycles. The number of rotatable bonds is 5. The van der Waals surface area contributed by atoms with Crippen molar-refractivity contribution in [3.8, 4) is 0 Å². The normalized spacial score (nSPS) is 19.5. The summed E-state index contributed by atoms with van der Waals surface area (Å²) in [6.45, 7) is 0.369. The van der Waals surface area contributed by atoms with Crippen LogP contribution in [0.2, 0.25) is 0 Å². The quantitative estimate of drug-likeness (QED) is 0.875. The third kappa shape index (κ3) is 3.58. The molecule has 2 aliphatic carbocycles. The van der Waals surface area contributed by atoms with Gasteiger partial charge < -0.3 is 10.6 Å². The fourth-order valence-corrected chi connectivity index (χ4v) is 3.57. The molecule has 0 radical (unpaired) electrons. The first kappa shape index (κ1) is 16.3. The lowest BCUT2D eigenvalue weighted by Crippen LogP contribution is -2.37. The molecule has 0 unspecified atom stereocenters. The third-order valence-corrected chi connectivity index (χ3v) is 5.09. The topological polar surface area (TPSA) is 59.0 Å². The van der Waals surface area contributed by atoms with Gasteiger partial charge in [0, 0.05) is 36.9 Å². The molecule has 5 nitrogen and oxygen atoms in total. The zero-order chi connectivity index (χ0) is 17.4. The Kier molecular flexibility index (Phi) is 4.29. The molecule has 6 heteroatoms. The van der Waals surface area contributed by atoms with Gasteiger partial charge in [-0.2, -0.15) is 5.10 Å². The number of halogens is 1. The smallest absolute Gasteiger partial charge is 0.272 e. The van der Waals surface area contributed by atoms with Gasteiger partial charge in [0.1, 0.15) is 5.82 Å². The zero-order valence-electron chi connectivity index (χ0n) is 14.4. The van der Waals surface area contributed by atoms with Gasteiger partial charge in [-0.25, -0.2) is 4.39 Å². The van der Waals surface area contributed by atoms with E-state index in [1.54, 1.807) is 12.1 Å². The number of amides is 1. The van der Waals surface area contributed by atoms with Gasteiger partial charge in [-0.1, -0.05) is 12.1 Å². The maximum Gasteiger partial charge on any atom is 0.272 e. The van der Waals surface area contributed by atoms with Crippen LogP contribution in [0.15, 0.2) is 24.3 Å². The van der Waals surface area contributed by atoms with E-state index in [0.717, 1.165) is 30.4 Å². The van der Waals surface area contributed by atoms with Gasteiger partial charge in [-0.3, -0.25) is 9.48 Å². The fourth-order valence-electron chi connectivity index (χ4n) is 3.57. The second-order valence-corrected chi connectivity index (χ2v) is 7.09. The minimum Gasteiger partial charge on any atom is -0.347 e. The molecule has 2 aromatic rings. The number of hydrogen-bond acceptors (Lipinski definition) is 3. The second-order valence-electron chi connectivity index (χ2n) is 7.09. The van der Waals surface area contributed by atoms with Gasteiger partial charge >= 0.3 is 0 Å². The lowest BCUT2D eigenvalue weighted by molar-refractivity contribution is 0.0944. The third-order valence-electron chi connectivity index (χ3n) is 5.09. The Balaban J connectivity index is 1.46. The van der Waals surface area contributed by atoms with E-state index in [2.05, 4.69) is 15.7 Å². The zero-order valence-corrected chi connectivity index (χ0v) is 14.4. The van der Waals surface area contributed by atoms with Crippen molar-refractivity contribution in [3.05, 3.63) is 52.6 Å². The molecule has 0 aliphatic heterocycles. The number of hydrogen-bond donors (Lipinski definition) is 2. The lowest BCUT2D eigenvalue weighted by Gasteiger charge is -2.24. The number of fused-ring (bicyclic) bond motifs is 1. The maximum atomic E-state index is 13.0. The van der Waals surface area contributed by atoms with Crippen molar-refractivity contribution in [2.45, 2.75) is 50.7 Å². The highest BCUT2D eigenvalue weighted by Gasteiger charge is 2.31. The standard InChI is InChI=1S/C19H23FN4O/c1-24-17-9-8-15(22-14-6-7-14)10-16(17)18(23-24)19(25)21-11-12-2-4-13(20)5-3-12/h2-5,14-15,22H,6-11H2,1H3,(H,21,25)/t15-/m0/s1. The molecule has 4 rings (SSSR count). The van der Waals surface area contributed by atoms with Gasteiger partial charge in [0.15, 0.2) is 5.69 Å². The van der Waals surface area contributed by atoms with Crippen LogP contribution in [0.4, 0.5) is 4.39 Å². The Morgan fingerprint density at radius 1 is 1.24 bits per heavy atom. The Morgan fingerprint density at radius 3 is 2.72 bits per heavy atom. The first-order valence-corrected chi connectivity index (χ1v) is 8.93. The van der Waals surface area contributed by atoms with E-state index < -0.39 is 0 Å². The van der Waals surface area contributed by atoms with Crippen LogP contribution >= 0.6 is 0 Å². The van der Waals surface area contributed by atoms with Crippen LogP contribution < -0.4 is 10.6 Å². The van der Waals surface area contributed by atoms with Crippen LogP contribution in [0, 0.1) is 5.82 Å². The van der Waals surface area contributed by atoms with Crippen LogP contribution in [-0.2, 0) is 26.4 Å². The van der Waals surface area contributed by atoms with Crippen LogP contribution in [0.1, 0.15) is 46.6 Å². The number of nitrogens with one attached hydrogen (secondary N) is 2. The molecular formula is C19H23FN4O. The Bertz CT molecular complexity index is 779. The van der Waals surface area contributed by atoms with Gasteiger partial charge in [-0.05, 0) is 49.8 Å². The molecule has 1 atom stereocenters. The first-order valence-electron chi connectivity index (χ1n) is 8.93. The van der Waals surface area contributed by atoms with Crippen LogP contribution in [-0.4, -0.2) is 27.8 Å². The van der Waals surface area contributed by atoms with E-state index in [1.807, 2.05) is 11.7 Å². The summed E-state index contributed by atoms with van der Waals surface area (Å²) in [5, 5.41) is 11.0. The van der Waals surface area contributed by atoms with E-state index in [4.69, 9.17) is 0 Å². The van der Waals surface area contributed by atoms with E-state index in [-0.39, 0.29) is 11.7 Å². The molecule has 0 spiro atoms. The van der Waals surface area contributed by atoms with Crippen molar-refractivity contribution >= 4 is 5.91 Å². The average molecular weight is 342 g/mol. The highest BCUT2D eigenvalue weighted by molar-refractivity contribution is 5.94. The minimum absolute atomic E-state index is 0.159. The number of aromatic nitrogens is 2. The summed E-state index contributed by atoms with van der Waals surface area (Å²) in [7, 11) is 1.91. The fraction of sp³-hybridized carbons (Fsp3) is 0.474. The maximum absolute atomic E-state index is 13.0. The molecule has 1 fully saturated rings. The molecule has 1 aromatic heterocycles. The number of nitrogens with zero attached hydrogens (tertiary/aromatic N) is 2. The van der Waals surface area contributed by atoms with E-state index in [9.17, 15) is 9.18 Å². The Labute approximate surface area is 146 Å². The average Bonchev–Trinajstić information content (AvgIpc) is 3.36.